The van der Waals surface area contributed by atoms with Crippen LogP contribution in [0.5, 0.6) is 5.75 Å². The Balaban J connectivity index is 1.44. The molecule has 2 heterocycles. The first-order valence-electron chi connectivity index (χ1n) is 10.7. The summed E-state index contributed by atoms with van der Waals surface area (Å²) in [6, 6.07) is 18.4. The van der Waals surface area contributed by atoms with Crippen LogP contribution in [-0.2, 0) is 6.54 Å². The summed E-state index contributed by atoms with van der Waals surface area (Å²) >= 11 is 0. The number of anilines is 1. The van der Waals surface area contributed by atoms with Gasteiger partial charge in [0.05, 0.1) is 18.0 Å². The first-order chi connectivity index (χ1) is 15.2. The van der Waals surface area contributed by atoms with E-state index >= 15 is 0 Å². The van der Waals surface area contributed by atoms with Crippen molar-refractivity contribution < 1.29 is 14.2 Å². The summed E-state index contributed by atoms with van der Waals surface area (Å²) in [6.07, 6.45) is 0.672. The van der Waals surface area contributed by atoms with Crippen LogP contribution in [0.15, 0.2) is 66.9 Å². The molecule has 0 saturated carbocycles. The summed E-state index contributed by atoms with van der Waals surface area (Å²) in [5.41, 5.74) is 2.78. The van der Waals surface area contributed by atoms with Crippen LogP contribution in [0.3, 0.4) is 0 Å². The van der Waals surface area contributed by atoms with Crippen molar-refractivity contribution in [2.24, 2.45) is 0 Å². The number of piperazine rings is 1. The molecule has 1 aliphatic rings. The smallest absolute Gasteiger partial charge is 0.146 e. The molecule has 2 aromatic carbocycles. The third-order valence-electron chi connectivity index (χ3n) is 5.61. The molecule has 0 aliphatic carbocycles. The number of para-hydroxylation sites is 1. The van der Waals surface area contributed by atoms with Crippen molar-refractivity contribution in [2.75, 3.05) is 37.7 Å². The number of ether oxygens (including phenoxy) is 1. The van der Waals surface area contributed by atoms with E-state index in [1.54, 1.807) is 30.5 Å². The maximum Gasteiger partial charge on any atom is 0.146 e. The summed E-state index contributed by atoms with van der Waals surface area (Å²) < 4.78 is 20.4. The topological polar surface area (TPSA) is 48.8 Å². The van der Waals surface area contributed by atoms with Gasteiger partial charge in [-0.05, 0) is 42.8 Å². The molecular formula is C25H28FN3O2. The van der Waals surface area contributed by atoms with Crippen molar-refractivity contribution in [1.29, 1.82) is 0 Å². The van der Waals surface area contributed by atoms with E-state index in [-0.39, 0.29) is 5.82 Å². The highest BCUT2D eigenvalue weighted by atomic mass is 19.1. The Bertz CT molecular complexity index is 974. The van der Waals surface area contributed by atoms with Crippen LogP contribution in [0.2, 0.25) is 0 Å². The van der Waals surface area contributed by atoms with Crippen LogP contribution in [-0.4, -0.2) is 47.8 Å². The first-order valence-corrected chi connectivity index (χ1v) is 10.7. The monoisotopic (exact) mass is 421 g/mol. The van der Waals surface area contributed by atoms with Crippen LogP contribution < -0.4 is 9.64 Å². The number of aromatic nitrogens is 1. The quantitative estimate of drug-likeness (QED) is 0.624. The molecule has 162 valence electrons. The summed E-state index contributed by atoms with van der Waals surface area (Å²) in [7, 11) is 0. The van der Waals surface area contributed by atoms with Crippen LogP contribution in [0.4, 0.5) is 10.1 Å². The molecule has 1 fully saturated rings. The van der Waals surface area contributed by atoms with E-state index in [0.29, 0.717) is 36.6 Å². The molecule has 1 aromatic heterocycles. The highest BCUT2D eigenvalue weighted by Gasteiger charge is 2.25. The normalized spacial score (nSPS) is 15.6. The van der Waals surface area contributed by atoms with E-state index < -0.39 is 6.10 Å². The van der Waals surface area contributed by atoms with Crippen LogP contribution in [0.25, 0.3) is 0 Å². The van der Waals surface area contributed by atoms with E-state index in [0.717, 1.165) is 25.4 Å². The van der Waals surface area contributed by atoms with Crippen molar-refractivity contribution in [3.8, 4) is 5.75 Å². The second-order valence-electron chi connectivity index (χ2n) is 7.67. The second-order valence-corrected chi connectivity index (χ2v) is 7.67. The van der Waals surface area contributed by atoms with Gasteiger partial charge in [0.15, 0.2) is 0 Å². The molecule has 1 atom stereocenters. The first kappa shape index (κ1) is 21.3. The lowest BCUT2D eigenvalue weighted by Gasteiger charge is -2.37. The molecule has 1 unspecified atom stereocenters. The third kappa shape index (κ3) is 5.03. The Kier molecular flexibility index (Phi) is 6.79. The van der Waals surface area contributed by atoms with Crippen molar-refractivity contribution in [2.45, 2.75) is 19.6 Å². The van der Waals surface area contributed by atoms with E-state index in [1.165, 1.54) is 11.6 Å². The Morgan fingerprint density at radius 1 is 1.00 bits per heavy atom. The number of aliphatic hydroxyl groups is 1. The highest BCUT2D eigenvalue weighted by Crippen LogP contribution is 2.33. The van der Waals surface area contributed by atoms with Crippen molar-refractivity contribution >= 4 is 5.69 Å². The lowest BCUT2D eigenvalue weighted by atomic mass is 10.0. The SMILES string of the molecule is CCOc1ccc(CN2CCN(c3c(F)cccc3C(O)c3ccccn3)CC2)cc1. The number of nitrogens with zero attached hydrogens (tertiary/aromatic N) is 3. The molecular weight excluding hydrogens is 393 g/mol. The van der Waals surface area contributed by atoms with E-state index in [1.807, 2.05) is 30.0 Å². The second kappa shape index (κ2) is 9.90. The van der Waals surface area contributed by atoms with E-state index in [2.05, 4.69) is 22.0 Å². The maximum absolute atomic E-state index is 14.9. The van der Waals surface area contributed by atoms with E-state index in [9.17, 15) is 9.50 Å². The number of hydrogen-bond donors (Lipinski definition) is 1. The summed E-state index contributed by atoms with van der Waals surface area (Å²) in [4.78, 5) is 8.64. The lowest BCUT2D eigenvalue weighted by Crippen LogP contribution is -2.46. The molecule has 4 rings (SSSR count). The minimum atomic E-state index is -0.964. The fourth-order valence-corrected chi connectivity index (χ4v) is 4.03. The molecule has 3 aromatic rings. The Morgan fingerprint density at radius 2 is 1.77 bits per heavy atom. The number of pyridine rings is 1. The zero-order chi connectivity index (χ0) is 21.6. The lowest BCUT2D eigenvalue weighted by molar-refractivity contribution is 0.213. The van der Waals surface area contributed by atoms with Gasteiger partial charge >= 0.3 is 0 Å². The molecule has 0 radical (unpaired) electrons. The predicted octanol–water partition coefficient (Wildman–Crippen LogP) is 4.02. The largest absolute Gasteiger partial charge is 0.494 e. The molecule has 0 bridgehead atoms. The minimum absolute atomic E-state index is 0.313. The fraction of sp³-hybridized carbons (Fsp3) is 0.320. The van der Waals surface area contributed by atoms with Crippen molar-refractivity contribution in [3.05, 3.63) is 89.5 Å². The van der Waals surface area contributed by atoms with Gasteiger partial charge in [0, 0.05) is 44.5 Å². The number of benzene rings is 2. The Hall–Kier alpha value is -2.96. The van der Waals surface area contributed by atoms with E-state index in [4.69, 9.17) is 4.74 Å². The molecule has 5 nitrogen and oxygen atoms in total. The molecule has 1 saturated heterocycles. The molecule has 1 aliphatic heterocycles. The molecule has 0 spiro atoms. The third-order valence-corrected chi connectivity index (χ3v) is 5.61. The number of aliphatic hydroxyl groups excluding tert-OH is 1. The Labute approximate surface area is 182 Å². The molecule has 6 heteroatoms. The number of rotatable bonds is 7. The number of hydrogen-bond acceptors (Lipinski definition) is 5. The van der Waals surface area contributed by atoms with Gasteiger partial charge in [-0.25, -0.2) is 4.39 Å². The van der Waals surface area contributed by atoms with Crippen molar-refractivity contribution in [1.82, 2.24) is 9.88 Å². The molecule has 31 heavy (non-hydrogen) atoms. The average molecular weight is 422 g/mol. The van der Waals surface area contributed by atoms with Gasteiger partial charge in [-0.15, -0.1) is 0 Å². The summed E-state index contributed by atoms with van der Waals surface area (Å²) in [5.74, 6) is 0.571. The number of halogens is 1. The minimum Gasteiger partial charge on any atom is -0.494 e. The fourth-order valence-electron chi connectivity index (χ4n) is 4.03. The molecule has 0 amide bonds. The van der Waals surface area contributed by atoms with Crippen LogP contribution >= 0.6 is 0 Å². The van der Waals surface area contributed by atoms with Gasteiger partial charge < -0.3 is 14.7 Å². The predicted molar refractivity (Wildman–Crippen MR) is 120 cm³/mol. The van der Waals surface area contributed by atoms with Gasteiger partial charge in [-0.2, -0.15) is 0 Å². The van der Waals surface area contributed by atoms with Crippen LogP contribution in [0.1, 0.15) is 29.8 Å². The standard InChI is InChI=1S/C25H28FN3O2/c1-2-31-20-11-9-19(10-12-20)18-28-14-16-29(17-15-28)24-21(6-5-7-22(24)26)25(30)23-8-3-4-13-27-23/h3-13,25,30H,2,14-18H2,1H3. The van der Waals surface area contributed by atoms with Gasteiger partial charge in [0.25, 0.3) is 0 Å². The molecule has 1 N–H and O–H groups in total. The van der Waals surface area contributed by atoms with Gasteiger partial charge in [0.2, 0.25) is 0 Å². The zero-order valence-corrected chi connectivity index (χ0v) is 17.7. The highest BCUT2D eigenvalue weighted by molar-refractivity contribution is 5.57. The van der Waals surface area contributed by atoms with Gasteiger partial charge in [-0.3, -0.25) is 9.88 Å². The Morgan fingerprint density at radius 3 is 2.45 bits per heavy atom. The van der Waals surface area contributed by atoms with Gasteiger partial charge in [0.1, 0.15) is 17.7 Å². The summed E-state index contributed by atoms with van der Waals surface area (Å²) in [6.45, 7) is 6.51. The average Bonchev–Trinajstić information content (AvgIpc) is 2.81. The maximum atomic E-state index is 14.9. The van der Waals surface area contributed by atoms with Crippen molar-refractivity contribution in [3.63, 3.8) is 0 Å². The summed E-state index contributed by atoms with van der Waals surface area (Å²) in [5, 5.41) is 10.9. The zero-order valence-electron chi connectivity index (χ0n) is 17.7. The van der Waals surface area contributed by atoms with Gasteiger partial charge in [-0.1, -0.05) is 30.3 Å². The van der Waals surface area contributed by atoms with Crippen LogP contribution in [0, 0.1) is 5.82 Å².